The van der Waals surface area contributed by atoms with Crippen molar-refractivity contribution in [3.05, 3.63) is 70.4 Å². The normalized spacial score (nSPS) is 15.3. The number of aromatic amines is 1. The Kier molecular flexibility index (Phi) is 7.12. The molecule has 3 aromatic rings. The number of carbonyl (C=O) groups excluding carboxylic acids is 1. The van der Waals surface area contributed by atoms with Gasteiger partial charge in [-0.3, -0.25) is 9.89 Å². The molecular formula is C25H28ClN3O3. The van der Waals surface area contributed by atoms with Crippen LogP contribution in [-0.4, -0.2) is 47.9 Å². The van der Waals surface area contributed by atoms with Crippen LogP contribution < -0.4 is 4.74 Å². The molecule has 1 aliphatic rings. The highest BCUT2D eigenvalue weighted by atomic mass is 35.5. The van der Waals surface area contributed by atoms with Crippen LogP contribution in [0, 0.1) is 0 Å². The summed E-state index contributed by atoms with van der Waals surface area (Å²) in [5.41, 5.74) is 4.11. The average Bonchev–Trinajstić information content (AvgIpc) is 3.34. The molecule has 1 unspecified atom stereocenters. The number of unbranched alkanes of at least 4 members (excludes halogenated alkanes) is 1. The number of rotatable bonds is 10. The lowest BCUT2D eigenvalue weighted by Gasteiger charge is -2.26. The lowest BCUT2D eigenvalue weighted by Crippen LogP contribution is -2.31. The molecule has 1 amide bonds. The highest BCUT2D eigenvalue weighted by Gasteiger charge is 2.42. The number of nitrogens with one attached hydrogen (secondary N) is 1. The number of hydrogen-bond acceptors (Lipinski definition) is 4. The topological polar surface area (TPSA) is 67.5 Å². The van der Waals surface area contributed by atoms with Crippen LogP contribution in [0.3, 0.4) is 0 Å². The number of methoxy groups -OCH3 is 1. The summed E-state index contributed by atoms with van der Waals surface area (Å²) < 4.78 is 11.2. The monoisotopic (exact) mass is 453 g/mol. The van der Waals surface area contributed by atoms with E-state index in [1.807, 2.05) is 53.4 Å². The summed E-state index contributed by atoms with van der Waals surface area (Å²) in [4.78, 5) is 15.2. The predicted molar refractivity (Wildman–Crippen MR) is 125 cm³/mol. The molecule has 7 heteroatoms. The van der Waals surface area contributed by atoms with E-state index in [0.717, 1.165) is 47.4 Å². The van der Waals surface area contributed by atoms with Gasteiger partial charge in [0.25, 0.3) is 5.91 Å². The molecule has 2 aromatic carbocycles. The van der Waals surface area contributed by atoms with Gasteiger partial charge in [0, 0.05) is 36.4 Å². The fourth-order valence-corrected chi connectivity index (χ4v) is 4.22. The molecule has 6 nitrogen and oxygen atoms in total. The molecule has 0 bridgehead atoms. The second-order valence-electron chi connectivity index (χ2n) is 7.89. The van der Waals surface area contributed by atoms with Gasteiger partial charge in [-0.15, -0.1) is 0 Å². The van der Waals surface area contributed by atoms with Crippen molar-refractivity contribution in [2.45, 2.75) is 32.2 Å². The summed E-state index contributed by atoms with van der Waals surface area (Å²) in [5, 5.41) is 8.15. The summed E-state index contributed by atoms with van der Waals surface area (Å²) in [6.07, 6.45) is 2.83. The maximum Gasteiger partial charge on any atom is 0.273 e. The van der Waals surface area contributed by atoms with Crippen molar-refractivity contribution in [3.8, 4) is 17.0 Å². The number of hydrogen-bond donors (Lipinski definition) is 1. The number of benzene rings is 2. The molecule has 1 N–H and O–H groups in total. The first-order valence-corrected chi connectivity index (χ1v) is 11.4. The van der Waals surface area contributed by atoms with Crippen LogP contribution in [0.5, 0.6) is 5.75 Å². The Morgan fingerprint density at radius 2 is 1.94 bits per heavy atom. The standard InChI is InChI=1S/C25H28ClN3O3/c1-3-4-15-32-20-8-5-7-18(16-20)24-21-22(17-9-11-19(26)12-10-17)27-28-23(21)25(30)29(24)13-6-14-31-2/h5,7-12,16,24H,3-4,6,13-15H2,1-2H3,(H,27,28). The van der Waals surface area contributed by atoms with Crippen LogP contribution in [0.2, 0.25) is 5.02 Å². The van der Waals surface area contributed by atoms with Crippen molar-refractivity contribution in [2.24, 2.45) is 0 Å². The maximum absolute atomic E-state index is 13.3. The van der Waals surface area contributed by atoms with E-state index in [1.165, 1.54) is 0 Å². The Hall–Kier alpha value is -2.83. The number of amides is 1. The van der Waals surface area contributed by atoms with Crippen LogP contribution in [0.15, 0.2) is 48.5 Å². The second-order valence-corrected chi connectivity index (χ2v) is 8.33. The van der Waals surface area contributed by atoms with Crippen molar-refractivity contribution in [1.82, 2.24) is 15.1 Å². The van der Waals surface area contributed by atoms with Gasteiger partial charge >= 0.3 is 0 Å². The predicted octanol–water partition coefficient (Wildman–Crippen LogP) is 5.49. The molecule has 4 rings (SSSR count). The number of aromatic nitrogens is 2. The molecule has 32 heavy (non-hydrogen) atoms. The van der Waals surface area contributed by atoms with Gasteiger partial charge in [-0.05, 0) is 42.7 Å². The summed E-state index contributed by atoms with van der Waals surface area (Å²) in [6, 6.07) is 15.3. The summed E-state index contributed by atoms with van der Waals surface area (Å²) in [5.74, 6) is 0.761. The van der Waals surface area contributed by atoms with Gasteiger partial charge < -0.3 is 14.4 Å². The largest absolute Gasteiger partial charge is 0.494 e. The van der Waals surface area contributed by atoms with E-state index in [-0.39, 0.29) is 11.9 Å². The molecule has 0 saturated carbocycles. The fourth-order valence-electron chi connectivity index (χ4n) is 4.09. The van der Waals surface area contributed by atoms with E-state index in [1.54, 1.807) is 7.11 Å². The Balaban J connectivity index is 1.74. The number of halogens is 1. The SMILES string of the molecule is CCCCOc1cccc(C2c3c(-c4ccc(Cl)cc4)n[nH]c3C(=O)N2CCCOC)c1. The van der Waals surface area contributed by atoms with E-state index in [9.17, 15) is 4.79 Å². The van der Waals surface area contributed by atoms with Crippen LogP contribution in [-0.2, 0) is 4.74 Å². The molecule has 1 aromatic heterocycles. The van der Waals surface area contributed by atoms with Crippen LogP contribution in [0.25, 0.3) is 11.3 Å². The number of ether oxygens (including phenoxy) is 2. The Morgan fingerprint density at radius 3 is 2.69 bits per heavy atom. The lowest BCUT2D eigenvalue weighted by molar-refractivity contribution is 0.0723. The number of carbonyl (C=O) groups is 1. The van der Waals surface area contributed by atoms with Crippen LogP contribution in [0.1, 0.15) is 53.8 Å². The molecule has 2 heterocycles. The van der Waals surface area contributed by atoms with Gasteiger partial charge in [-0.1, -0.05) is 49.2 Å². The van der Waals surface area contributed by atoms with Crippen molar-refractivity contribution >= 4 is 17.5 Å². The maximum atomic E-state index is 13.3. The summed E-state index contributed by atoms with van der Waals surface area (Å²) in [6.45, 7) is 3.99. The van der Waals surface area contributed by atoms with Gasteiger partial charge in [0.1, 0.15) is 11.4 Å². The first kappa shape index (κ1) is 22.4. The third-order valence-electron chi connectivity index (χ3n) is 5.67. The average molecular weight is 454 g/mol. The van der Waals surface area contributed by atoms with Gasteiger partial charge in [-0.25, -0.2) is 0 Å². The zero-order valence-corrected chi connectivity index (χ0v) is 19.2. The first-order valence-electron chi connectivity index (χ1n) is 11.0. The van der Waals surface area contributed by atoms with E-state index in [0.29, 0.717) is 30.5 Å². The number of nitrogens with zero attached hydrogens (tertiary/aromatic N) is 2. The Morgan fingerprint density at radius 1 is 1.12 bits per heavy atom. The van der Waals surface area contributed by atoms with Gasteiger partial charge in [0.05, 0.1) is 18.3 Å². The number of H-pyrrole nitrogens is 1. The first-order chi connectivity index (χ1) is 15.6. The van der Waals surface area contributed by atoms with Gasteiger partial charge in [-0.2, -0.15) is 5.10 Å². The minimum Gasteiger partial charge on any atom is -0.494 e. The molecule has 1 aliphatic heterocycles. The van der Waals surface area contributed by atoms with Gasteiger partial charge in [0.15, 0.2) is 0 Å². The van der Waals surface area contributed by atoms with E-state index >= 15 is 0 Å². The van der Waals surface area contributed by atoms with Crippen LogP contribution >= 0.6 is 11.6 Å². The summed E-state index contributed by atoms with van der Waals surface area (Å²) >= 11 is 6.09. The molecular weight excluding hydrogens is 426 g/mol. The minimum absolute atomic E-state index is 0.0499. The van der Waals surface area contributed by atoms with Crippen molar-refractivity contribution in [3.63, 3.8) is 0 Å². The Labute approximate surface area is 193 Å². The third kappa shape index (κ3) is 4.52. The molecule has 0 saturated heterocycles. The molecule has 0 radical (unpaired) electrons. The molecule has 1 atom stereocenters. The second kappa shape index (κ2) is 10.2. The van der Waals surface area contributed by atoms with E-state index in [4.69, 9.17) is 21.1 Å². The smallest absolute Gasteiger partial charge is 0.273 e. The molecule has 0 fully saturated rings. The van der Waals surface area contributed by atoms with Crippen molar-refractivity contribution in [1.29, 1.82) is 0 Å². The fraction of sp³-hybridized carbons (Fsp3) is 0.360. The summed E-state index contributed by atoms with van der Waals surface area (Å²) in [7, 11) is 1.67. The van der Waals surface area contributed by atoms with Crippen LogP contribution in [0.4, 0.5) is 0 Å². The molecule has 168 valence electrons. The highest BCUT2D eigenvalue weighted by molar-refractivity contribution is 6.30. The lowest BCUT2D eigenvalue weighted by atomic mass is 9.96. The van der Waals surface area contributed by atoms with Crippen molar-refractivity contribution < 1.29 is 14.3 Å². The van der Waals surface area contributed by atoms with E-state index < -0.39 is 0 Å². The third-order valence-corrected chi connectivity index (χ3v) is 5.92. The Bertz CT molecular complexity index is 1060. The zero-order valence-electron chi connectivity index (χ0n) is 18.4. The molecule has 0 spiro atoms. The molecule has 0 aliphatic carbocycles. The highest BCUT2D eigenvalue weighted by Crippen LogP contribution is 2.43. The minimum atomic E-state index is -0.256. The quantitative estimate of drug-likeness (QED) is 0.412. The van der Waals surface area contributed by atoms with E-state index in [2.05, 4.69) is 17.1 Å². The zero-order chi connectivity index (χ0) is 22.5. The van der Waals surface area contributed by atoms with Crippen molar-refractivity contribution in [2.75, 3.05) is 26.9 Å². The van der Waals surface area contributed by atoms with Gasteiger partial charge in [0.2, 0.25) is 0 Å². The number of fused-ring (bicyclic) bond motifs is 1.